The van der Waals surface area contributed by atoms with E-state index in [9.17, 15) is 4.79 Å². The minimum absolute atomic E-state index is 0.0679. The summed E-state index contributed by atoms with van der Waals surface area (Å²) < 4.78 is 5.48. The van der Waals surface area contributed by atoms with E-state index in [4.69, 9.17) is 4.74 Å². The van der Waals surface area contributed by atoms with Crippen LogP contribution in [0.15, 0.2) is 12.1 Å². The van der Waals surface area contributed by atoms with Crippen LogP contribution in [0.2, 0.25) is 0 Å². The van der Waals surface area contributed by atoms with Gasteiger partial charge in [0.2, 0.25) is 0 Å². The number of hydrogen-bond donors (Lipinski definition) is 0. The van der Waals surface area contributed by atoms with E-state index in [0.29, 0.717) is 6.42 Å². The minimum Gasteiger partial charge on any atom is -0.496 e. The molecule has 0 heterocycles. The van der Waals surface area contributed by atoms with Crippen molar-refractivity contribution >= 4 is 6.29 Å². The van der Waals surface area contributed by atoms with Crippen molar-refractivity contribution in [1.82, 2.24) is 0 Å². The first-order chi connectivity index (χ1) is 8.40. The highest BCUT2D eigenvalue weighted by Crippen LogP contribution is 2.34. The first-order valence-electron chi connectivity index (χ1n) is 6.51. The summed E-state index contributed by atoms with van der Waals surface area (Å²) in [4.78, 5) is 10.4. The fraction of sp³-hybridized carbons (Fsp3) is 0.562. The number of aldehydes is 1. The zero-order chi connectivity index (χ0) is 13.8. The number of methoxy groups -OCH3 is 1. The molecule has 100 valence electrons. The number of carbonyl (C=O) groups is 1. The van der Waals surface area contributed by atoms with Crippen molar-refractivity contribution in [2.45, 2.75) is 52.4 Å². The van der Waals surface area contributed by atoms with Gasteiger partial charge in [0.1, 0.15) is 12.0 Å². The summed E-state index contributed by atoms with van der Waals surface area (Å²) in [5, 5.41) is 0. The van der Waals surface area contributed by atoms with Crippen molar-refractivity contribution < 1.29 is 9.53 Å². The number of rotatable bonds is 5. The fourth-order valence-corrected chi connectivity index (χ4v) is 2.13. The van der Waals surface area contributed by atoms with Gasteiger partial charge in [-0.25, -0.2) is 0 Å². The van der Waals surface area contributed by atoms with Crippen LogP contribution in [0, 0.1) is 6.92 Å². The Morgan fingerprint density at radius 3 is 2.44 bits per heavy atom. The predicted molar refractivity (Wildman–Crippen MR) is 75.4 cm³/mol. The molecule has 1 rings (SSSR count). The van der Waals surface area contributed by atoms with E-state index in [2.05, 4.69) is 39.8 Å². The van der Waals surface area contributed by atoms with Crippen LogP contribution in [0.4, 0.5) is 0 Å². The summed E-state index contributed by atoms with van der Waals surface area (Å²) in [6.07, 6.45) is 3.50. The predicted octanol–water partition coefficient (Wildman–Crippen LogP) is 3.82. The molecule has 0 N–H and O–H groups in total. The second-order valence-electron chi connectivity index (χ2n) is 5.79. The zero-order valence-electron chi connectivity index (χ0n) is 12.2. The molecule has 0 radical (unpaired) electrons. The number of unbranched alkanes of at least 4 members (excludes halogenated alkanes) is 1. The smallest absolute Gasteiger partial charge is 0.122 e. The van der Waals surface area contributed by atoms with Crippen LogP contribution in [-0.2, 0) is 16.6 Å². The van der Waals surface area contributed by atoms with Crippen LogP contribution in [0.1, 0.15) is 50.3 Å². The molecule has 0 aliphatic heterocycles. The summed E-state index contributed by atoms with van der Waals surface area (Å²) in [5.41, 5.74) is 3.86. The van der Waals surface area contributed by atoms with Gasteiger partial charge in [-0.15, -0.1) is 0 Å². The van der Waals surface area contributed by atoms with Crippen molar-refractivity contribution in [3.05, 3.63) is 28.8 Å². The molecule has 0 unspecified atom stereocenters. The topological polar surface area (TPSA) is 26.3 Å². The van der Waals surface area contributed by atoms with Crippen molar-refractivity contribution in [2.75, 3.05) is 7.11 Å². The summed E-state index contributed by atoms with van der Waals surface area (Å²) in [6, 6.07) is 4.34. The third-order valence-electron chi connectivity index (χ3n) is 3.23. The lowest BCUT2D eigenvalue weighted by Crippen LogP contribution is -2.14. The van der Waals surface area contributed by atoms with E-state index in [0.717, 1.165) is 24.9 Å². The average molecular weight is 248 g/mol. The van der Waals surface area contributed by atoms with Gasteiger partial charge in [0.25, 0.3) is 0 Å². The molecule has 0 amide bonds. The largest absolute Gasteiger partial charge is 0.496 e. The Kier molecular flexibility index (Phi) is 4.94. The van der Waals surface area contributed by atoms with Crippen LogP contribution in [-0.4, -0.2) is 13.4 Å². The molecule has 0 spiro atoms. The molecule has 0 bridgehead atoms. The Morgan fingerprint density at radius 1 is 1.28 bits per heavy atom. The van der Waals surface area contributed by atoms with E-state index in [1.54, 1.807) is 7.11 Å². The Labute approximate surface area is 110 Å². The lowest BCUT2D eigenvalue weighted by atomic mass is 9.83. The van der Waals surface area contributed by atoms with E-state index < -0.39 is 0 Å². The molecule has 2 nitrogen and oxygen atoms in total. The highest BCUT2D eigenvalue weighted by molar-refractivity contribution is 5.49. The first kappa shape index (κ1) is 14.7. The van der Waals surface area contributed by atoms with E-state index in [-0.39, 0.29) is 5.41 Å². The van der Waals surface area contributed by atoms with Crippen LogP contribution < -0.4 is 4.74 Å². The number of benzene rings is 1. The minimum atomic E-state index is 0.0679. The standard InChI is InChI=1S/C16H24O2/c1-12-10-15(18-5)14(16(2,3)4)11-13(12)8-6-7-9-17/h9-11H,6-8H2,1-5H3. The van der Waals surface area contributed by atoms with Gasteiger partial charge < -0.3 is 9.53 Å². The molecule has 0 saturated carbocycles. The Balaban J connectivity index is 3.09. The normalized spacial score (nSPS) is 11.4. The van der Waals surface area contributed by atoms with Gasteiger partial charge >= 0.3 is 0 Å². The van der Waals surface area contributed by atoms with E-state index in [1.807, 2.05) is 0 Å². The fourth-order valence-electron chi connectivity index (χ4n) is 2.13. The number of carbonyl (C=O) groups excluding carboxylic acids is 1. The van der Waals surface area contributed by atoms with Gasteiger partial charge in [0.15, 0.2) is 0 Å². The SMILES string of the molecule is COc1cc(C)c(CCCC=O)cc1C(C)(C)C. The number of aryl methyl sites for hydroxylation is 2. The molecular formula is C16H24O2. The van der Waals surface area contributed by atoms with Crippen molar-refractivity contribution in [2.24, 2.45) is 0 Å². The molecule has 0 aliphatic rings. The monoisotopic (exact) mass is 248 g/mol. The molecular weight excluding hydrogens is 224 g/mol. The molecule has 1 aromatic carbocycles. The average Bonchev–Trinajstić information content (AvgIpc) is 2.29. The lowest BCUT2D eigenvalue weighted by molar-refractivity contribution is -0.107. The summed E-state index contributed by atoms with van der Waals surface area (Å²) >= 11 is 0. The van der Waals surface area contributed by atoms with Gasteiger partial charge in [-0.3, -0.25) is 0 Å². The van der Waals surface area contributed by atoms with Gasteiger partial charge in [0.05, 0.1) is 7.11 Å². The van der Waals surface area contributed by atoms with Crippen LogP contribution in [0.3, 0.4) is 0 Å². The van der Waals surface area contributed by atoms with Crippen LogP contribution in [0.5, 0.6) is 5.75 Å². The first-order valence-corrected chi connectivity index (χ1v) is 6.51. The van der Waals surface area contributed by atoms with E-state index in [1.165, 1.54) is 16.7 Å². The molecule has 0 aromatic heterocycles. The molecule has 0 saturated heterocycles. The molecule has 18 heavy (non-hydrogen) atoms. The molecule has 1 aromatic rings. The Bertz CT molecular complexity index is 414. The maximum absolute atomic E-state index is 10.4. The summed E-state index contributed by atoms with van der Waals surface area (Å²) in [6.45, 7) is 8.67. The van der Waals surface area contributed by atoms with Crippen molar-refractivity contribution in [1.29, 1.82) is 0 Å². The molecule has 0 fully saturated rings. The number of ether oxygens (including phenoxy) is 1. The van der Waals surface area contributed by atoms with Gasteiger partial charge in [-0.05, 0) is 47.9 Å². The maximum atomic E-state index is 10.4. The molecule has 2 heteroatoms. The third kappa shape index (κ3) is 3.59. The quantitative estimate of drug-likeness (QED) is 0.585. The number of hydrogen-bond acceptors (Lipinski definition) is 2. The molecule has 0 atom stereocenters. The van der Waals surface area contributed by atoms with Gasteiger partial charge in [-0.2, -0.15) is 0 Å². The lowest BCUT2D eigenvalue weighted by Gasteiger charge is -2.24. The molecule has 0 aliphatic carbocycles. The van der Waals surface area contributed by atoms with Crippen molar-refractivity contribution in [3.63, 3.8) is 0 Å². The van der Waals surface area contributed by atoms with Crippen molar-refractivity contribution in [3.8, 4) is 5.75 Å². The van der Waals surface area contributed by atoms with E-state index >= 15 is 0 Å². The summed E-state index contributed by atoms with van der Waals surface area (Å²) in [7, 11) is 1.72. The van der Waals surface area contributed by atoms with Gasteiger partial charge in [0, 0.05) is 6.42 Å². The zero-order valence-corrected chi connectivity index (χ0v) is 12.2. The van der Waals surface area contributed by atoms with Crippen LogP contribution in [0.25, 0.3) is 0 Å². The Hall–Kier alpha value is -1.31. The van der Waals surface area contributed by atoms with Gasteiger partial charge in [-0.1, -0.05) is 26.8 Å². The Morgan fingerprint density at radius 2 is 1.94 bits per heavy atom. The second-order valence-corrected chi connectivity index (χ2v) is 5.79. The highest BCUT2D eigenvalue weighted by Gasteiger charge is 2.20. The van der Waals surface area contributed by atoms with Crippen LogP contribution >= 0.6 is 0 Å². The maximum Gasteiger partial charge on any atom is 0.122 e. The summed E-state index contributed by atoms with van der Waals surface area (Å²) in [5.74, 6) is 0.958. The highest BCUT2D eigenvalue weighted by atomic mass is 16.5. The second kappa shape index (κ2) is 6.03. The third-order valence-corrected chi connectivity index (χ3v) is 3.23.